The van der Waals surface area contributed by atoms with Crippen molar-refractivity contribution in [3.05, 3.63) is 35.9 Å². The van der Waals surface area contributed by atoms with E-state index in [4.69, 9.17) is 5.73 Å². The molecule has 20 heavy (non-hydrogen) atoms. The van der Waals surface area contributed by atoms with Crippen molar-refractivity contribution in [1.29, 1.82) is 0 Å². The van der Waals surface area contributed by atoms with Gasteiger partial charge in [0.2, 0.25) is 5.91 Å². The van der Waals surface area contributed by atoms with Crippen LogP contribution in [0, 0.1) is 5.92 Å². The molecule has 1 saturated carbocycles. The van der Waals surface area contributed by atoms with Gasteiger partial charge < -0.3 is 10.6 Å². The van der Waals surface area contributed by atoms with E-state index in [1.165, 1.54) is 5.56 Å². The Morgan fingerprint density at radius 3 is 2.45 bits per heavy atom. The number of nitrogens with zero attached hydrogens (tertiary/aromatic N) is 1. The summed E-state index contributed by atoms with van der Waals surface area (Å²) in [4.78, 5) is 14.7. The Hall–Kier alpha value is -1.35. The molecule has 3 nitrogen and oxygen atoms in total. The number of likely N-dealkylation sites (tertiary alicyclic amines) is 1. The van der Waals surface area contributed by atoms with Gasteiger partial charge in [0.15, 0.2) is 0 Å². The zero-order valence-corrected chi connectivity index (χ0v) is 12.0. The molecule has 2 N–H and O–H groups in total. The van der Waals surface area contributed by atoms with Crippen molar-refractivity contribution in [2.24, 2.45) is 11.7 Å². The Balaban J connectivity index is 1.58. The zero-order valence-electron chi connectivity index (χ0n) is 12.0. The lowest BCUT2D eigenvalue weighted by atomic mass is 9.85. The summed E-state index contributed by atoms with van der Waals surface area (Å²) in [5.74, 6) is 1.12. The Labute approximate surface area is 121 Å². The molecule has 0 radical (unpaired) electrons. The first-order valence-corrected chi connectivity index (χ1v) is 7.83. The van der Waals surface area contributed by atoms with Crippen molar-refractivity contribution in [1.82, 2.24) is 4.90 Å². The Kier molecular flexibility index (Phi) is 4.06. The van der Waals surface area contributed by atoms with Gasteiger partial charge in [-0.3, -0.25) is 4.79 Å². The van der Waals surface area contributed by atoms with Crippen LogP contribution >= 0.6 is 0 Å². The fourth-order valence-electron chi connectivity index (χ4n) is 3.58. The van der Waals surface area contributed by atoms with Crippen LogP contribution in [0.5, 0.6) is 0 Å². The van der Waals surface area contributed by atoms with Gasteiger partial charge in [0.1, 0.15) is 0 Å². The first kappa shape index (κ1) is 13.6. The third-order valence-corrected chi connectivity index (χ3v) is 4.89. The Bertz CT molecular complexity index is 451. The minimum Gasteiger partial charge on any atom is -0.342 e. The van der Waals surface area contributed by atoms with Crippen molar-refractivity contribution < 1.29 is 4.79 Å². The van der Waals surface area contributed by atoms with E-state index in [2.05, 4.69) is 29.2 Å². The minimum atomic E-state index is 0.226. The highest BCUT2D eigenvalue weighted by atomic mass is 16.2. The van der Waals surface area contributed by atoms with Gasteiger partial charge in [-0.25, -0.2) is 0 Å². The second kappa shape index (κ2) is 5.96. The lowest BCUT2D eigenvalue weighted by molar-refractivity contribution is -0.135. The Morgan fingerprint density at radius 1 is 1.05 bits per heavy atom. The zero-order chi connectivity index (χ0) is 13.9. The first-order chi connectivity index (χ1) is 9.74. The molecule has 0 aromatic heterocycles. The molecular formula is C17H24N2O. The predicted octanol–water partition coefficient (Wildman–Crippen LogP) is 2.52. The number of nitrogens with two attached hydrogens (primary N) is 1. The van der Waals surface area contributed by atoms with Crippen LogP contribution in [0.4, 0.5) is 0 Å². The van der Waals surface area contributed by atoms with E-state index in [9.17, 15) is 4.79 Å². The second-order valence-electron chi connectivity index (χ2n) is 6.29. The lowest BCUT2D eigenvalue weighted by Gasteiger charge is -2.29. The van der Waals surface area contributed by atoms with E-state index in [0.29, 0.717) is 17.9 Å². The summed E-state index contributed by atoms with van der Waals surface area (Å²) in [5.41, 5.74) is 7.29. The number of carbonyl (C=O) groups is 1. The van der Waals surface area contributed by atoms with Crippen LogP contribution in [-0.2, 0) is 4.79 Å². The molecule has 2 fully saturated rings. The molecule has 2 aliphatic rings. The van der Waals surface area contributed by atoms with Crippen LogP contribution in [0.25, 0.3) is 0 Å². The predicted molar refractivity (Wildman–Crippen MR) is 80.3 cm³/mol. The minimum absolute atomic E-state index is 0.226. The van der Waals surface area contributed by atoms with Crippen LogP contribution in [0.2, 0.25) is 0 Å². The summed E-state index contributed by atoms with van der Waals surface area (Å²) in [5, 5.41) is 0. The van der Waals surface area contributed by atoms with E-state index in [1.807, 2.05) is 6.07 Å². The van der Waals surface area contributed by atoms with Crippen LogP contribution in [0.3, 0.4) is 0 Å². The first-order valence-electron chi connectivity index (χ1n) is 7.83. The van der Waals surface area contributed by atoms with Gasteiger partial charge in [-0.1, -0.05) is 30.3 Å². The third-order valence-electron chi connectivity index (χ3n) is 4.89. The molecule has 1 aliphatic heterocycles. The number of hydrogen-bond donors (Lipinski definition) is 1. The van der Waals surface area contributed by atoms with Gasteiger partial charge >= 0.3 is 0 Å². The molecule has 0 spiro atoms. The van der Waals surface area contributed by atoms with Crippen molar-refractivity contribution in [2.75, 3.05) is 13.1 Å². The maximum absolute atomic E-state index is 12.6. The standard InChI is InChI=1S/C17H24N2O/c18-16-8-6-14(7-9-16)17(20)19-11-10-15(12-19)13-4-2-1-3-5-13/h1-5,14-16H,6-12,18H2. The van der Waals surface area contributed by atoms with Crippen LogP contribution in [0.15, 0.2) is 30.3 Å². The van der Waals surface area contributed by atoms with E-state index < -0.39 is 0 Å². The summed E-state index contributed by atoms with van der Waals surface area (Å²) in [6, 6.07) is 10.9. The molecule has 1 unspecified atom stereocenters. The highest BCUT2D eigenvalue weighted by Gasteiger charge is 2.32. The summed E-state index contributed by atoms with van der Waals surface area (Å²) < 4.78 is 0. The molecule has 1 heterocycles. The molecule has 3 heteroatoms. The van der Waals surface area contributed by atoms with Gasteiger partial charge in [-0.05, 0) is 37.7 Å². The van der Waals surface area contributed by atoms with Crippen molar-refractivity contribution in [3.8, 4) is 0 Å². The summed E-state index contributed by atoms with van der Waals surface area (Å²) >= 11 is 0. The van der Waals surface area contributed by atoms with Crippen molar-refractivity contribution in [3.63, 3.8) is 0 Å². The highest BCUT2D eigenvalue weighted by molar-refractivity contribution is 5.79. The van der Waals surface area contributed by atoms with Gasteiger partial charge in [0.25, 0.3) is 0 Å². The van der Waals surface area contributed by atoms with Gasteiger partial charge in [0.05, 0.1) is 0 Å². The number of rotatable bonds is 2. The van der Waals surface area contributed by atoms with Gasteiger partial charge in [-0.2, -0.15) is 0 Å². The number of carbonyl (C=O) groups excluding carboxylic acids is 1. The molecule has 1 amide bonds. The second-order valence-corrected chi connectivity index (χ2v) is 6.29. The maximum Gasteiger partial charge on any atom is 0.225 e. The van der Waals surface area contributed by atoms with Gasteiger partial charge in [-0.15, -0.1) is 0 Å². The number of amides is 1. The van der Waals surface area contributed by atoms with Crippen LogP contribution in [0.1, 0.15) is 43.6 Å². The normalized spacial score (nSPS) is 30.4. The van der Waals surface area contributed by atoms with Crippen molar-refractivity contribution in [2.45, 2.75) is 44.1 Å². The quantitative estimate of drug-likeness (QED) is 0.899. The molecular weight excluding hydrogens is 248 g/mol. The largest absolute Gasteiger partial charge is 0.342 e. The van der Waals surface area contributed by atoms with E-state index >= 15 is 0 Å². The van der Waals surface area contributed by atoms with Gasteiger partial charge in [0, 0.05) is 31.0 Å². The molecule has 1 atom stereocenters. The van der Waals surface area contributed by atoms with E-state index in [1.54, 1.807) is 0 Å². The lowest BCUT2D eigenvalue weighted by Crippen LogP contribution is -2.38. The molecule has 1 aromatic carbocycles. The number of benzene rings is 1. The third kappa shape index (κ3) is 2.88. The maximum atomic E-state index is 12.6. The SMILES string of the molecule is NC1CCC(C(=O)N2CCC(c3ccccc3)C2)CC1. The summed E-state index contributed by atoms with van der Waals surface area (Å²) in [7, 11) is 0. The Morgan fingerprint density at radius 2 is 1.75 bits per heavy atom. The van der Waals surface area contributed by atoms with Crippen LogP contribution < -0.4 is 5.73 Å². The molecule has 3 rings (SSSR count). The molecule has 1 aromatic rings. The van der Waals surface area contributed by atoms with Crippen molar-refractivity contribution >= 4 is 5.91 Å². The van der Waals surface area contributed by atoms with Crippen LogP contribution in [-0.4, -0.2) is 29.9 Å². The smallest absolute Gasteiger partial charge is 0.225 e. The average Bonchev–Trinajstić information content (AvgIpc) is 2.98. The fraction of sp³-hybridized carbons (Fsp3) is 0.588. The molecule has 108 valence electrons. The summed E-state index contributed by atoms with van der Waals surface area (Å²) in [6.45, 7) is 1.81. The summed E-state index contributed by atoms with van der Waals surface area (Å²) in [6.07, 6.45) is 5.07. The number of hydrogen-bond acceptors (Lipinski definition) is 2. The molecule has 0 bridgehead atoms. The molecule has 1 saturated heterocycles. The average molecular weight is 272 g/mol. The van der Waals surface area contributed by atoms with E-state index in [0.717, 1.165) is 45.2 Å². The topological polar surface area (TPSA) is 46.3 Å². The van der Waals surface area contributed by atoms with E-state index in [-0.39, 0.29) is 5.92 Å². The highest BCUT2D eigenvalue weighted by Crippen LogP contribution is 2.31. The monoisotopic (exact) mass is 272 g/mol. The molecule has 1 aliphatic carbocycles. The fourth-order valence-corrected chi connectivity index (χ4v) is 3.58.